The molecular formula is C23H36N4O. The van der Waals surface area contributed by atoms with Crippen LogP contribution < -0.4 is 10.6 Å². The number of aromatic hydroxyl groups is 1. The lowest BCUT2D eigenvalue weighted by Crippen LogP contribution is -2.48. The van der Waals surface area contributed by atoms with E-state index in [1.807, 2.05) is 6.07 Å². The lowest BCUT2D eigenvalue weighted by molar-refractivity contribution is 0.221. The highest BCUT2D eigenvalue weighted by molar-refractivity contribution is 5.80. The van der Waals surface area contributed by atoms with Gasteiger partial charge in [-0.2, -0.15) is 0 Å². The van der Waals surface area contributed by atoms with Crippen LogP contribution >= 0.6 is 0 Å². The number of aryl methyl sites for hydroxylation is 1. The summed E-state index contributed by atoms with van der Waals surface area (Å²) in [4.78, 5) is 7.29. The molecule has 3 rings (SSSR count). The Labute approximate surface area is 169 Å². The lowest BCUT2D eigenvalue weighted by Gasteiger charge is -2.33. The second-order valence-corrected chi connectivity index (χ2v) is 8.26. The van der Waals surface area contributed by atoms with Crippen molar-refractivity contribution in [3.05, 3.63) is 41.0 Å². The van der Waals surface area contributed by atoms with Crippen molar-refractivity contribution in [2.45, 2.75) is 65.0 Å². The summed E-state index contributed by atoms with van der Waals surface area (Å²) in [5, 5.41) is 17.4. The van der Waals surface area contributed by atoms with Gasteiger partial charge in [-0.1, -0.05) is 18.2 Å². The van der Waals surface area contributed by atoms with Gasteiger partial charge in [0.05, 0.1) is 6.54 Å². The Bertz CT molecular complexity index is 705. The van der Waals surface area contributed by atoms with Gasteiger partial charge in [0.25, 0.3) is 0 Å². The molecule has 2 aliphatic rings. The van der Waals surface area contributed by atoms with Crippen molar-refractivity contribution < 1.29 is 5.11 Å². The number of piperidine rings is 1. The summed E-state index contributed by atoms with van der Waals surface area (Å²) in [5.41, 5.74) is 4.94. The maximum absolute atomic E-state index is 10.4. The van der Waals surface area contributed by atoms with Crippen LogP contribution in [0.5, 0.6) is 5.75 Å². The first kappa shape index (κ1) is 20.7. The second kappa shape index (κ2) is 9.97. The first-order valence-electron chi connectivity index (χ1n) is 10.8. The van der Waals surface area contributed by atoms with Crippen molar-refractivity contribution in [1.29, 1.82) is 0 Å². The van der Waals surface area contributed by atoms with Gasteiger partial charge >= 0.3 is 0 Å². The summed E-state index contributed by atoms with van der Waals surface area (Å²) in [5.74, 6) is 1.24. The molecule has 1 aliphatic heterocycles. The average molecular weight is 385 g/mol. The third-order valence-electron chi connectivity index (χ3n) is 5.79. The van der Waals surface area contributed by atoms with E-state index in [4.69, 9.17) is 4.99 Å². The van der Waals surface area contributed by atoms with E-state index >= 15 is 0 Å². The van der Waals surface area contributed by atoms with E-state index in [0.29, 0.717) is 18.3 Å². The molecule has 0 bridgehead atoms. The topological polar surface area (TPSA) is 59.9 Å². The van der Waals surface area contributed by atoms with Crippen LogP contribution in [0, 0.1) is 0 Å². The number of rotatable bonds is 6. The molecule has 1 fully saturated rings. The van der Waals surface area contributed by atoms with Crippen LogP contribution in [-0.2, 0) is 19.4 Å². The van der Waals surface area contributed by atoms with E-state index in [-0.39, 0.29) is 0 Å². The molecule has 3 N–H and O–H groups in total. The van der Waals surface area contributed by atoms with Gasteiger partial charge in [0.15, 0.2) is 5.96 Å². The number of likely N-dealkylation sites (tertiary alicyclic amines) is 1. The number of phenols is 1. The van der Waals surface area contributed by atoms with Crippen molar-refractivity contribution in [2.75, 3.05) is 26.2 Å². The highest BCUT2D eigenvalue weighted by Gasteiger charge is 2.20. The van der Waals surface area contributed by atoms with Gasteiger partial charge in [-0.3, -0.25) is 4.90 Å². The highest BCUT2D eigenvalue weighted by atomic mass is 16.3. The maximum Gasteiger partial charge on any atom is 0.191 e. The van der Waals surface area contributed by atoms with Crippen molar-refractivity contribution in [3.63, 3.8) is 0 Å². The molecule has 0 spiro atoms. The molecule has 5 heteroatoms. The number of benzene rings is 1. The van der Waals surface area contributed by atoms with Gasteiger partial charge in [-0.25, -0.2) is 4.99 Å². The van der Waals surface area contributed by atoms with Gasteiger partial charge in [0, 0.05) is 37.8 Å². The van der Waals surface area contributed by atoms with Gasteiger partial charge in [-0.15, -0.1) is 0 Å². The third kappa shape index (κ3) is 5.51. The molecule has 0 atom stereocenters. The fraction of sp³-hybridized carbons (Fsp3) is 0.609. The number of guanidine groups is 1. The van der Waals surface area contributed by atoms with Crippen LogP contribution in [0.25, 0.3) is 0 Å². The van der Waals surface area contributed by atoms with Crippen LogP contribution in [0.1, 0.15) is 56.2 Å². The van der Waals surface area contributed by atoms with E-state index in [1.165, 1.54) is 29.5 Å². The quantitative estimate of drug-likeness (QED) is 0.400. The Morgan fingerprint density at radius 3 is 2.71 bits per heavy atom. The Morgan fingerprint density at radius 2 is 2.00 bits per heavy atom. The minimum absolute atomic E-state index is 0.383. The largest absolute Gasteiger partial charge is 0.508 e. The number of fused-ring (bicyclic) bond motifs is 1. The fourth-order valence-electron chi connectivity index (χ4n) is 4.36. The second-order valence-electron chi connectivity index (χ2n) is 8.26. The molecule has 1 heterocycles. The first-order chi connectivity index (χ1) is 13.6. The van der Waals surface area contributed by atoms with Crippen molar-refractivity contribution in [3.8, 4) is 5.75 Å². The van der Waals surface area contributed by atoms with Crippen LogP contribution in [0.2, 0.25) is 0 Å². The van der Waals surface area contributed by atoms with Crippen LogP contribution in [0.4, 0.5) is 0 Å². The lowest BCUT2D eigenvalue weighted by atomic mass is 9.88. The van der Waals surface area contributed by atoms with Crippen LogP contribution in [-0.4, -0.2) is 48.2 Å². The van der Waals surface area contributed by atoms with E-state index in [1.54, 1.807) is 0 Å². The number of nitrogens with one attached hydrogen (secondary N) is 2. The zero-order valence-electron chi connectivity index (χ0n) is 17.6. The van der Waals surface area contributed by atoms with E-state index in [2.05, 4.69) is 42.0 Å². The molecule has 28 heavy (non-hydrogen) atoms. The minimum Gasteiger partial charge on any atom is -0.508 e. The molecule has 5 nitrogen and oxygen atoms in total. The monoisotopic (exact) mass is 384 g/mol. The standard InChI is InChI=1S/C23H36N4O/c1-4-24-23(26-19-11-13-27(14-12-19)16-17(2)3)25-15-21-20-8-6-5-7-18(20)9-10-22(21)28/h9-10,19,28H,2,4-8,11-16H2,1,3H3,(H2,24,25,26). The molecule has 0 aromatic heterocycles. The molecule has 1 aliphatic carbocycles. The Hall–Kier alpha value is -2.01. The number of hydrogen-bond donors (Lipinski definition) is 3. The first-order valence-corrected chi connectivity index (χ1v) is 10.8. The minimum atomic E-state index is 0.383. The Kier molecular flexibility index (Phi) is 7.37. The highest BCUT2D eigenvalue weighted by Crippen LogP contribution is 2.31. The molecule has 0 radical (unpaired) electrons. The van der Waals surface area contributed by atoms with Crippen molar-refractivity contribution in [2.24, 2.45) is 4.99 Å². The van der Waals surface area contributed by atoms with Crippen LogP contribution in [0.3, 0.4) is 0 Å². The van der Waals surface area contributed by atoms with E-state index in [9.17, 15) is 5.11 Å². The molecular weight excluding hydrogens is 348 g/mol. The molecule has 1 saturated heterocycles. The number of aliphatic imine (C=N–C) groups is 1. The summed E-state index contributed by atoms with van der Waals surface area (Å²) in [6, 6.07) is 4.36. The summed E-state index contributed by atoms with van der Waals surface area (Å²) in [6.07, 6.45) is 6.85. The van der Waals surface area contributed by atoms with Gasteiger partial charge in [0.1, 0.15) is 5.75 Å². The van der Waals surface area contributed by atoms with E-state index < -0.39 is 0 Å². The molecule has 1 aromatic rings. The van der Waals surface area contributed by atoms with E-state index in [0.717, 1.165) is 63.4 Å². The Morgan fingerprint density at radius 1 is 1.25 bits per heavy atom. The molecule has 0 amide bonds. The van der Waals surface area contributed by atoms with Crippen LogP contribution in [0.15, 0.2) is 29.3 Å². The average Bonchev–Trinajstić information content (AvgIpc) is 2.68. The Balaban J connectivity index is 1.63. The third-order valence-corrected chi connectivity index (χ3v) is 5.79. The van der Waals surface area contributed by atoms with Crippen molar-refractivity contribution in [1.82, 2.24) is 15.5 Å². The smallest absolute Gasteiger partial charge is 0.191 e. The van der Waals surface area contributed by atoms with Gasteiger partial charge in [0.2, 0.25) is 0 Å². The van der Waals surface area contributed by atoms with Gasteiger partial charge in [-0.05, 0) is 69.6 Å². The normalized spacial score (nSPS) is 18.6. The number of phenolic OH excluding ortho intramolecular Hbond substituents is 1. The summed E-state index contributed by atoms with van der Waals surface area (Å²) in [6.45, 7) is 12.8. The summed E-state index contributed by atoms with van der Waals surface area (Å²) >= 11 is 0. The SMILES string of the molecule is C=C(C)CN1CCC(NC(=NCc2c(O)ccc3c2CCCC3)NCC)CC1. The zero-order valence-corrected chi connectivity index (χ0v) is 17.6. The number of hydrogen-bond acceptors (Lipinski definition) is 3. The summed E-state index contributed by atoms with van der Waals surface area (Å²) in [7, 11) is 0. The molecule has 1 aromatic carbocycles. The predicted molar refractivity (Wildman–Crippen MR) is 117 cm³/mol. The fourth-order valence-corrected chi connectivity index (χ4v) is 4.36. The van der Waals surface area contributed by atoms with Gasteiger partial charge < -0.3 is 15.7 Å². The van der Waals surface area contributed by atoms with Crippen molar-refractivity contribution >= 4 is 5.96 Å². The summed E-state index contributed by atoms with van der Waals surface area (Å²) < 4.78 is 0. The predicted octanol–water partition coefficient (Wildman–Crippen LogP) is 3.37. The molecule has 154 valence electrons. The molecule has 0 unspecified atom stereocenters. The maximum atomic E-state index is 10.4. The zero-order chi connectivity index (χ0) is 19.9. The molecule has 0 saturated carbocycles. The number of nitrogens with zero attached hydrogens (tertiary/aromatic N) is 2.